The first-order chi connectivity index (χ1) is 6.62. The molecule has 2 heteroatoms. The second kappa shape index (κ2) is 4.05. The van der Waals surface area contributed by atoms with Gasteiger partial charge in [0.25, 0.3) is 0 Å². The van der Waals surface area contributed by atoms with Crippen LogP contribution in [0.3, 0.4) is 0 Å². The summed E-state index contributed by atoms with van der Waals surface area (Å²) in [6.07, 6.45) is 4.28. The highest BCUT2D eigenvalue weighted by Crippen LogP contribution is 2.51. The van der Waals surface area contributed by atoms with Crippen LogP contribution in [0.4, 0.5) is 0 Å². The molecule has 2 atom stereocenters. The molecule has 1 N–H and O–H groups in total. The van der Waals surface area contributed by atoms with Crippen LogP contribution in [0.2, 0.25) is 0 Å². The Kier molecular flexibility index (Phi) is 3.13. The molecule has 2 unspecified atom stereocenters. The van der Waals surface area contributed by atoms with Crippen LogP contribution in [0.1, 0.15) is 40.0 Å². The van der Waals surface area contributed by atoms with E-state index in [1.807, 2.05) is 0 Å². The molecule has 1 saturated carbocycles. The van der Waals surface area contributed by atoms with E-state index in [4.69, 9.17) is 0 Å². The Balaban J connectivity index is 1.72. The average Bonchev–Trinajstić information content (AvgIpc) is 2.82. The van der Waals surface area contributed by atoms with Crippen LogP contribution in [-0.2, 0) is 0 Å². The molecular weight excluding hydrogens is 190 g/mol. The van der Waals surface area contributed by atoms with E-state index in [0.29, 0.717) is 5.41 Å². The molecule has 1 heterocycles. The van der Waals surface area contributed by atoms with Gasteiger partial charge in [-0.2, -0.15) is 11.8 Å². The Hall–Kier alpha value is 0.310. The Morgan fingerprint density at radius 3 is 2.57 bits per heavy atom. The van der Waals surface area contributed by atoms with Crippen molar-refractivity contribution >= 4 is 11.8 Å². The van der Waals surface area contributed by atoms with Crippen LogP contribution in [-0.4, -0.2) is 23.6 Å². The van der Waals surface area contributed by atoms with Crippen molar-refractivity contribution in [3.05, 3.63) is 0 Å². The molecule has 0 radical (unpaired) electrons. The smallest absolute Gasteiger partial charge is 0.0168 e. The predicted octanol–water partition coefficient (Wildman–Crippen LogP) is 2.91. The van der Waals surface area contributed by atoms with E-state index in [0.717, 1.165) is 17.2 Å². The van der Waals surface area contributed by atoms with Crippen molar-refractivity contribution in [1.29, 1.82) is 0 Å². The molecule has 0 aromatic heterocycles. The van der Waals surface area contributed by atoms with Crippen molar-refractivity contribution in [1.82, 2.24) is 5.32 Å². The maximum Gasteiger partial charge on any atom is 0.0168 e. The van der Waals surface area contributed by atoms with Gasteiger partial charge in [0.05, 0.1) is 0 Å². The number of hydrogen-bond acceptors (Lipinski definition) is 2. The molecule has 1 aliphatic heterocycles. The van der Waals surface area contributed by atoms with Crippen molar-refractivity contribution in [2.75, 3.05) is 12.3 Å². The highest BCUT2D eigenvalue weighted by molar-refractivity contribution is 8.00. The molecule has 0 amide bonds. The van der Waals surface area contributed by atoms with Crippen molar-refractivity contribution in [2.24, 2.45) is 11.3 Å². The van der Waals surface area contributed by atoms with E-state index in [1.54, 1.807) is 0 Å². The third-order valence-electron chi connectivity index (χ3n) is 4.06. The van der Waals surface area contributed by atoms with E-state index < -0.39 is 0 Å². The lowest BCUT2D eigenvalue weighted by atomic mass is 9.92. The summed E-state index contributed by atoms with van der Waals surface area (Å²) in [6.45, 7) is 8.37. The number of thioether (sulfide) groups is 1. The molecule has 0 spiro atoms. The zero-order chi connectivity index (χ0) is 10.2. The third kappa shape index (κ3) is 2.27. The molecule has 1 nitrogen and oxygen atoms in total. The van der Waals surface area contributed by atoms with Gasteiger partial charge < -0.3 is 5.32 Å². The SMILES string of the molecule is CC1CC(NCC2(C(C)C)CC2)CS1. The van der Waals surface area contributed by atoms with Crippen LogP contribution in [0, 0.1) is 11.3 Å². The Morgan fingerprint density at radius 2 is 2.14 bits per heavy atom. The largest absolute Gasteiger partial charge is 0.313 e. The first-order valence-corrected chi connectivity index (χ1v) is 7.02. The molecular formula is C12H23NS. The fourth-order valence-electron chi connectivity index (χ4n) is 2.43. The van der Waals surface area contributed by atoms with Gasteiger partial charge in [-0.05, 0) is 30.6 Å². The molecule has 2 rings (SSSR count). The highest BCUT2D eigenvalue weighted by atomic mass is 32.2. The molecule has 0 bridgehead atoms. The molecule has 2 fully saturated rings. The number of rotatable bonds is 4. The second-order valence-corrected chi connectivity index (χ2v) is 6.95. The first kappa shape index (κ1) is 10.8. The molecule has 82 valence electrons. The van der Waals surface area contributed by atoms with Crippen LogP contribution in [0.25, 0.3) is 0 Å². The van der Waals surface area contributed by atoms with Crippen LogP contribution in [0.15, 0.2) is 0 Å². The van der Waals surface area contributed by atoms with E-state index in [1.165, 1.54) is 31.6 Å². The normalized spacial score (nSPS) is 35.1. The summed E-state index contributed by atoms with van der Waals surface area (Å²) in [4.78, 5) is 0. The zero-order valence-electron chi connectivity index (χ0n) is 9.68. The fourth-order valence-corrected chi connectivity index (χ4v) is 3.61. The number of nitrogens with one attached hydrogen (secondary N) is 1. The van der Waals surface area contributed by atoms with Gasteiger partial charge in [-0.3, -0.25) is 0 Å². The quantitative estimate of drug-likeness (QED) is 0.770. The van der Waals surface area contributed by atoms with Gasteiger partial charge in [0.15, 0.2) is 0 Å². The van der Waals surface area contributed by atoms with Gasteiger partial charge in [-0.1, -0.05) is 20.8 Å². The van der Waals surface area contributed by atoms with Gasteiger partial charge in [-0.25, -0.2) is 0 Å². The second-order valence-electron chi connectivity index (χ2n) is 5.47. The maximum atomic E-state index is 3.78. The Bertz CT molecular complexity index is 198. The average molecular weight is 213 g/mol. The lowest BCUT2D eigenvalue weighted by molar-refractivity contribution is 0.323. The zero-order valence-corrected chi connectivity index (χ0v) is 10.5. The van der Waals surface area contributed by atoms with Crippen LogP contribution < -0.4 is 5.32 Å². The number of hydrogen-bond donors (Lipinski definition) is 1. The molecule has 1 aliphatic carbocycles. The summed E-state index contributed by atoms with van der Waals surface area (Å²) in [5.41, 5.74) is 0.677. The van der Waals surface area contributed by atoms with Gasteiger partial charge in [-0.15, -0.1) is 0 Å². The summed E-state index contributed by atoms with van der Waals surface area (Å²) in [6, 6.07) is 0.797. The van der Waals surface area contributed by atoms with Crippen molar-refractivity contribution in [3.8, 4) is 0 Å². The topological polar surface area (TPSA) is 12.0 Å². The molecule has 1 saturated heterocycles. The van der Waals surface area contributed by atoms with E-state index in [2.05, 4.69) is 37.8 Å². The van der Waals surface area contributed by atoms with Crippen LogP contribution >= 0.6 is 11.8 Å². The monoisotopic (exact) mass is 213 g/mol. The van der Waals surface area contributed by atoms with Crippen molar-refractivity contribution in [3.63, 3.8) is 0 Å². The minimum absolute atomic E-state index is 0.677. The summed E-state index contributed by atoms with van der Waals surface area (Å²) in [7, 11) is 0. The molecule has 2 aliphatic rings. The molecule has 14 heavy (non-hydrogen) atoms. The lowest BCUT2D eigenvalue weighted by Crippen LogP contribution is -2.36. The van der Waals surface area contributed by atoms with Gasteiger partial charge >= 0.3 is 0 Å². The van der Waals surface area contributed by atoms with Gasteiger partial charge in [0, 0.05) is 23.6 Å². The minimum atomic E-state index is 0.677. The first-order valence-electron chi connectivity index (χ1n) is 5.97. The van der Waals surface area contributed by atoms with E-state index >= 15 is 0 Å². The summed E-state index contributed by atoms with van der Waals surface area (Å²) in [5, 5.41) is 4.65. The summed E-state index contributed by atoms with van der Waals surface area (Å²) < 4.78 is 0. The van der Waals surface area contributed by atoms with E-state index in [-0.39, 0.29) is 0 Å². The molecule has 0 aromatic rings. The third-order valence-corrected chi connectivity index (χ3v) is 5.41. The fraction of sp³-hybridized carbons (Fsp3) is 1.00. The standard InChI is InChI=1S/C12H23NS/c1-9(2)12(4-5-12)8-13-11-6-10(3)14-7-11/h9-11,13H,4-8H2,1-3H3. The summed E-state index contributed by atoms with van der Waals surface area (Å²) >= 11 is 2.12. The molecule has 0 aromatic carbocycles. The Labute approximate surface area is 92.4 Å². The van der Waals surface area contributed by atoms with Gasteiger partial charge in [0.2, 0.25) is 0 Å². The van der Waals surface area contributed by atoms with Gasteiger partial charge in [0.1, 0.15) is 0 Å². The Morgan fingerprint density at radius 1 is 1.43 bits per heavy atom. The van der Waals surface area contributed by atoms with Crippen molar-refractivity contribution < 1.29 is 0 Å². The highest BCUT2D eigenvalue weighted by Gasteiger charge is 2.45. The van der Waals surface area contributed by atoms with Crippen molar-refractivity contribution in [2.45, 2.75) is 51.3 Å². The van der Waals surface area contributed by atoms with Crippen LogP contribution in [0.5, 0.6) is 0 Å². The summed E-state index contributed by atoms with van der Waals surface area (Å²) in [5.74, 6) is 2.19. The minimum Gasteiger partial charge on any atom is -0.313 e. The van der Waals surface area contributed by atoms with E-state index in [9.17, 15) is 0 Å². The lowest BCUT2D eigenvalue weighted by Gasteiger charge is -2.22. The predicted molar refractivity (Wildman–Crippen MR) is 64.8 cm³/mol. The maximum absolute atomic E-state index is 3.78.